The Labute approximate surface area is 112 Å². The minimum Gasteiger partial charge on any atom is -0.550 e. The van der Waals surface area contributed by atoms with Crippen molar-refractivity contribution >= 4 is 11.9 Å². The van der Waals surface area contributed by atoms with Crippen LogP contribution in [0.1, 0.15) is 6.42 Å². The van der Waals surface area contributed by atoms with Gasteiger partial charge in [0.2, 0.25) is 5.91 Å². The molecule has 104 valence electrons. The lowest BCUT2D eigenvalue weighted by Gasteiger charge is -2.27. The minimum atomic E-state index is -1.13. The van der Waals surface area contributed by atoms with Crippen LogP contribution in [0.2, 0.25) is 0 Å². The molecule has 1 fully saturated rings. The van der Waals surface area contributed by atoms with E-state index in [-0.39, 0.29) is 17.7 Å². The number of carboxylic acid groups (broad SMARTS) is 1. The lowest BCUT2D eigenvalue weighted by molar-refractivity contribution is -0.313. The Bertz CT molecular complexity index is 404. The Morgan fingerprint density at radius 2 is 2.05 bits per heavy atom. The summed E-state index contributed by atoms with van der Waals surface area (Å²) in [6, 6.07) is 0. The summed E-state index contributed by atoms with van der Waals surface area (Å²) < 4.78 is 5.16. The van der Waals surface area contributed by atoms with E-state index in [4.69, 9.17) is 4.74 Å². The molecule has 0 unspecified atom stereocenters. The van der Waals surface area contributed by atoms with E-state index in [1.807, 2.05) is 12.2 Å². The van der Waals surface area contributed by atoms with Gasteiger partial charge in [0.05, 0.1) is 19.1 Å². The predicted molar refractivity (Wildman–Crippen MR) is 66.7 cm³/mol. The van der Waals surface area contributed by atoms with Crippen LogP contribution in [0.15, 0.2) is 24.8 Å². The van der Waals surface area contributed by atoms with E-state index >= 15 is 0 Å². The Balaban J connectivity index is 1.86. The number of fused-ring (bicyclic) bond motifs is 2. The van der Waals surface area contributed by atoms with Crippen molar-refractivity contribution in [2.75, 3.05) is 19.8 Å². The highest BCUT2D eigenvalue weighted by atomic mass is 16.5. The molecule has 19 heavy (non-hydrogen) atoms. The first-order valence-electron chi connectivity index (χ1n) is 6.50. The summed E-state index contributed by atoms with van der Waals surface area (Å²) in [7, 11) is 0. The first kappa shape index (κ1) is 13.8. The first-order valence-corrected chi connectivity index (χ1v) is 6.50. The van der Waals surface area contributed by atoms with Crippen LogP contribution in [0.4, 0.5) is 0 Å². The number of allylic oxidation sites excluding steroid dienone is 2. The molecule has 0 spiro atoms. The van der Waals surface area contributed by atoms with Crippen molar-refractivity contribution in [2.45, 2.75) is 6.42 Å². The monoisotopic (exact) mass is 264 g/mol. The highest BCUT2D eigenvalue weighted by Crippen LogP contribution is 2.47. The normalized spacial score (nSPS) is 31.4. The second-order valence-electron chi connectivity index (χ2n) is 4.97. The van der Waals surface area contributed by atoms with Crippen LogP contribution in [-0.2, 0) is 14.3 Å². The van der Waals surface area contributed by atoms with Crippen molar-refractivity contribution in [2.24, 2.45) is 23.7 Å². The standard InChI is InChI=1S/C14H19NO4/c1-2-6-19-7-5-15-13(16)11-9-3-4-10(8-9)12(11)14(17)18/h2-4,9-12H,1,5-8H2,(H,15,16)(H,17,18)/p-1/t9-,10-,11+,12+/m1/s1. The molecule has 0 heterocycles. The molecule has 0 aromatic heterocycles. The summed E-state index contributed by atoms with van der Waals surface area (Å²) in [4.78, 5) is 23.2. The van der Waals surface area contributed by atoms with Crippen molar-refractivity contribution in [3.63, 3.8) is 0 Å². The number of hydrogen-bond acceptors (Lipinski definition) is 4. The molecule has 0 aromatic carbocycles. The molecule has 2 aliphatic rings. The molecule has 5 nitrogen and oxygen atoms in total. The van der Waals surface area contributed by atoms with E-state index in [1.165, 1.54) is 0 Å². The van der Waals surface area contributed by atoms with Crippen LogP contribution in [0.5, 0.6) is 0 Å². The Morgan fingerprint density at radius 1 is 1.37 bits per heavy atom. The number of rotatable bonds is 7. The zero-order chi connectivity index (χ0) is 13.8. The second kappa shape index (κ2) is 6.02. The number of amides is 1. The van der Waals surface area contributed by atoms with Crippen LogP contribution in [0, 0.1) is 23.7 Å². The zero-order valence-corrected chi connectivity index (χ0v) is 10.7. The van der Waals surface area contributed by atoms with Crippen LogP contribution in [-0.4, -0.2) is 31.6 Å². The molecule has 2 bridgehead atoms. The van der Waals surface area contributed by atoms with Crippen molar-refractivity contribution in [3.8, 4) is 0 Å². The highest BCUT2D eigenvalue weighted by Gasteiger charge is 2.48. The average molecular weight is 264 g/mol. The van der Waals surface area contributed by atoms with Crippen LogP contribution >= 0.6 is 0 Å². The number of hydrogen-bond donors (Lipinski definition) is 1. The fourth-order valence-electron chi connectivity index (χ4n) is 3.03. The lowest BCUT2D eigenvalue weighted by Crippen LogP contribution is -2.45. The SMILES string of the molecule is C=CCOCCNC(=O)[C@@H]1[C@@H](C(=O)[O-])[C@@H]2C=C[C@@H]1C2. The van der Waals surface area contributed by atoms with E-state index in [2.05, 4.69) is 11.9 Å². The largest absolute Gasteiger partial charge is 0.550 e. The van der Waals surface area contributed by atoms with Crippen molar-refractivity contribution in [3.05, 3.63) is 24.8 Å². The number of carbonyl (C=O) groups excluding carboxylic acids is 2. The molecule has 0 aliphatic heterocycles. The van der Waals surface area contributed by atoms with Gasteiger partial charge in [-0.15, -0.1) is 6.58 Å². The molecule has 5 heteroatoms. The Kier molecular flexibility index (Phi) is 4.37. The van der Waals surface area contributed by atoms with Gasteiger partial charge in [-0.3, -0.25) is 4.79 Å². The summed E-state index contributed by atoms with van der Waals surface area (Å²) in [6.45, 7) is 4.73. The number of aliphatic carboxylic acids is 1. The summed E-state index contributed by atoms with van der Waals surface area (Å²) in [5.41, 5.74) is 0. The van der Waals surface area contributed by atoms with Gasteiger partial charge in [0.25, 0.3) is 0 Å². The molecule has 4 atom stereocenters. The molecule has 1 saturated carbocycles. The molecule has 1 amide bonds. The van der Waals surface area contributed by atoms with E-state index in [0.717, 1.165) is 6.42 Å². The molecular formula is C14H18NO4-. The second-order valence-corrected chi connectivity index (χ2v) is 4.97. The molecular weight excluding hydrogens is 246 g/mol. The fourth-order valence-corrected chi connectivity index (χ4v) is 3.03. The van der Waals surface area contributed by atoms with E-state index in [9.17, 15) is 14.7 Å². The van der Waals surface area contributed by atoms with Gasteiger partial charge >= 0.3 is 0 Å². The van der Waals surface area contributed by atoms with Crippen LogP contribution < -0.4 is 10.4 Å². The maximum atomic E-state index is 12.1. The summed E-state index contributed by atoms with van der Waals surface area (Å²) in [5, 5.41) is 13.9. The van der Waals surface area contributed by atoms with Gasteiger partial charge in [-0.25, -0.2) is 0 Å². The van der Waals surface area contributed by atoms with Gasteiger partial charge in [0.15, 0.2) is 0 Å². The van der Waals surface area contributed by atoms with Crippen molar-refractivity contribution < 1.29 is 19.4 Å². The molecule has 1 N–H and O–H groups in total. The van der Waals surface area contributed by atoms with E-state index in [0.29, 0.717) is 19.8 Å². The first-order chi connectivity index (χ1) is 9.15. The van der Waals surface area contributed by atoms with Gasteiger partial charge < -0.3 is 20.0 Å². The summed E-state index contributed by atoms with van der Waals surface area (Å²) in [6.07, 6.45) is 6.21. The maximum Gasteiger partial charge on any atom is 0.224 e. The Hall–Kier alpha value is -1.62. The van der Waals surface area contributed by atoms with Crippen molar-refractivity contribution in [1.29, 1.82) is 0 Å². The van der Waals surface area contributed by atoms with Crippen LogP contribution in [0.3, 0.4) is 0 Å². The summed E-state index contributed by atoms with van der Waals surface area (Å²) in [5.74, 6) is -2.55. The smallest absolute Gasteiger partial charge is 0.224 e. The fraction of sp³-hybridized carbons (Fsp3) is 0.571. The molecule has 2 aliphatic carbocycles. The number of ether oxygens (including phenoxy) is 1. The maximum absolute atomic E-state index is 12.1. The highest BCUT2D eigenvalue weighted by molar-refractivity contribution is 5.86. The predicted octanol–water partition coefficient (Wildman–Crippen LogP) is -0.507. The van der Waals surface area contributed by atoms with Gasteiger partial charge in [-0.05, 0) is 18.3 Å². The topological polar surface area (TPSA) is 78.5 Å². The third-order valence-electron chi connectivity index (χ3n) is 3.82. The van der Waals surface area contributed by atoms with Crippen molar-refractivity contribution in [1.82, 2.24) is 5.32 Å². The lowest BCUT2D eigenvalue weighted by atomic mass is 9.82. The third kappa shape index (κ3) is 2.87. The molecule has 0 radical (unpaired) electrons. The van der Waals surface area contributed by atoms with Gasteiger partial charge in [-0.1, -0.05) is 18.2 Å². The zero-order valence-electron chi connectivity index (χ0n) is 10.7. The number of nitrogens with one attached hydrogen (secondary N) is 1. The van der Waals surface area contributed by atoms with Gasteiger partial charge in [0, 0.05) is 18.4 Å². The molecule has 0 saturated heterocycles. The van der Waals surface area contributed by atoms with E-state index in [1.54, 1.807) is 6.08 Å². The van der Waals surface area contributed by atoms with Gasteiger partial charge in [0.1, 0.15) is 0 Å². The number of carboxylic acids is 1. The summed E-state index contributed by atoms with van der Waals surface area (Å²) >= 11 is 0. The molecule has 0 aromatic rings. The quantitative estimate of drug-likeness (QED) is 0.496. The Morgan fingerprint density at radius 3 is 2.68 bits per heavy atom. The molecule has 2 rings (SSSR count). The third-order valence-corrected chi connectivity index (χ3v) is 3.82. The van der Waals surface area contributed by atoms with Crippen LogP contribution in [0.25, 0.3) is 0 Å². The minimum absolute atomic E-state index is 0.0296. The number of carbonyl (C=O) groups is 2. The average Bonchev–Trinajstić information content (AvgIpc) is 2.98. The van der Waals surface area contributed by atoms with Gasteiger partial charge in [-0.2, -0.15) is 0 Å². The van der Waals surface area contributed by atoms with E-state index < -0.39 is 17.8 Å².